The molecule has 3 heterocycles. The molecule has 2 N–H and O–H groups in total. The van der Waals surface area contributed by atoms with E-state index in [2.05, 4.69) is 25.5 Å². The SMILES string of the molecule is COc1ccc(NC(=O)CN2CCC[C@H]2c2cncc(Nc3cccc(C)n3)n2)cc1. The first-order valence-corrected chi connectivity index (χ1v) is 10.3. The van der Waals surface area contributed by atoms with Crippen molar-refractivity contribution in [1.29, 1.82) is 0 Å². The molecule has 1 aliphatic rings. The molecule has 1 aromatic carbocycles. The van der Waals surface area contributed by atoms with Crippen molar-refractivity contribution in [3.63, 3.8) is 0 Å². The first kappa shape index (κ1) is 20.7. The number of anilines is 3. The smallest absolute Gasteiger partial charge is 0.238 e. The maximum Gasteiger partial charge on any atom is 0.238 e. The zero-order chi connectivity index (χ0) is 21.6. The lowest BCUT2D eigenvalue weighted by molar-refractivity contribution is -0.117. The number of rotatable bonds is 7. The minimum absolute atomic E-state index is 0.0525. The van der Waals surface area contributed by atoms with Gasteiger partial charge in [-0.1, -0.05) is 6.07 Å². The predicted molar refractivity (Wildman–Crippen MR) is 119 cm³/mol. The summed E-state index contributed by atoms with van der Waals surface area (Å²) in [7, 11) is 1.62. The molecule has 31 heavy (non-hydrogen) atoms. The van der Waals surface area contributed by atoms with Crippen LogP contribution in [0.4, 0.5) is 17.3 Å². The van der Waals surface area contributed by atoms with E-state index in [1.54, 1.807) is 19.5 Å². The second kappa shape index (κ2) is 9.53. The Hall–Kier alpha value is -3.52. The fraction of sp³-hybridized carbons (Fsp3) is 0.304. The van der Waals surface area contributed by atoms with Gasteiger partial charge in [0.05, 0.1) is 37.8 Å². The number of nitrogens with zero attached hydrogens (tertiary/aromatic N) is 4. The molecule has 2 aromatic heterocycles. The van der Waals surface area contributed by atoms with Gasteiger partial charge in [0.25, 0.3) is 0 Å². The molecule has 1 amide bonds. The van der Waals surface area contributed by atoms with Crippen molar-refractivity contribution < 1.29 is 9.53 Å². The number of pyridine rings is 1. The summed E-state index contributed by atoms with van der Waals surface area (Å²) >= 11 is 0. The number of carbonyl (C=O) groups is 1. The number of aromatic nitrogens is 3. The van der Waals surface area contributed by atoms with Gasteiger partial charge < -0.3 is 15.4 Å². The van der Waals surface area contributed by atoms with Crippen LogP contribution in [-0.2, 0) is 4.79 Å². The fourth-order valence-electron chi connectivity index (χ4n) is 3.76. The number of aryl methyl sites for hydroxylation is 1. The van der Waals surface area contributed by atoms with Crippen LogP contribution < -0.4 is 15.4 Å². The van der Waals surface area contributed by atoms with Crippen LogP contribution in [0.3, 0.4) is 0 Å². The van der Waals surface area contributed by atoms with Gasteiger partial charge in [-0.05, 0) is 62.7 Å². The number of likely N-dealkylation sites (tertiary alicyclic amines) is 1. The predicted octanol–water partition coefficient (Wildman–Crippen LogP) is 3.71. The first-order chi connectivity index (χ1) is 15.1. The van der Waals surface area contributed by atoms with E-state index >= 15 is 0 Å². The minimum atomic E-state index is -0.0525. The number of methoxy groups -OCH3 is 1. The summed E-state index contributed by atoms with van der Waals surface area (Å²) in [4.78, 5) is 28.3. The van der Waals surface area contributed by atoms with Crippen LogP contribution in [0.2, 0.25) is 0 Å². The van der Waals surface area contributed by atoms with Crippen molar-refractivity contribution in [2.45, 2.75) is 25.8 Å². The summed E-state index contributed by atoms with van der Waals surface area (Å²) in [5.74, 6) is 2.08. The number of benzene rings is 1. The third-order valence-electron chi connectivity index (χ3n) is 5.22. The van der Waals surface area contributed by atoms with Gasteiger partial charge in [0.15, 0.2) is 0 Å². The summed E-state index contributed by atoms with van der Waals surface area (Å²) in [6, 6.07) is 13.2. The highest BCUT2D eigenvalue weighted by Crippen LogP contribution is 2.31. The standard InChI is InChI=1S/C23H26N6O2/c1-16-5-3-7-21(25-16)28-22-14-24-13-19(27-22)20-6-4-12-29(20)15-23(30)26-17-8-10-18(31-2)11-9-17/h3,5,7-11,13-14,20H,4,6,12,15H2,1-2H3,(H,26,30)(H,25,27,28)/t20-/m0/s1. The lowest BCUT2D eigenvalue weighted by Crippen LogP contribution is -2.33. The molecule has 3 aromatic rings. The van der Waals surface area contributed by atoms with Crippen molar-refractivity contribution in [3.05, 3.63) is 66.2 Å². The van der Waals surface area contributed by atoms with E-state index in [-0.39, 0.29) is 11.9 Å². The lowest BCUT2D eigenvalue weighted by atomic mass is 10.1. The van der Waals surface area contributed by atoms with Crippen LogP contribution in [0.15, 0.2) is 54.9 Å². The molecule has 4 rings (SSSR count). The van der Waals surface area contributed by atoms with E-state index < -0.39 is 0 Å². The van der Waals surface area contributed by atoms with Gasteiger partial charge in [-0.3, -0.25) is 14.7 Å². The zero-order valence-electron chi connectivity index (χ0n) is 17.7. The van der Waals surface area contributed by atoms with Gasteiger partial charge in [-0.15, -0.1) is 0 Å². The third kappa shape index (κ3) is 5.35. The van der Waals surface area contributed by atoms with E-state index in [1.165, 1.54) is 0 Å². The Balaban J connectivity index is 1.41. The third-order valence-corrected chi connectivity index (χ3v) is 5.22. The maximum atomic E-state index is 12.6. The van der Waals surface area contributed by atoms with E-state index in [1.807, 2.05) is 49.4 Å². The molecule has 8 heteroatoms. The number of amides is 1. The van der Waals surface area contributed by atoms with Gasteiger partial charge in [0, 0.05) is 11.4 Å². The van der Waals surface area contributed by atoms with Crippen molar-refractivity contribution in [1.82, 2.24) is 19.9 Å². The molecule has 0 unspecified atom stereocenters. The minimum Gasteiger partial charge on any atom is -0.497 e. The van der Waals surface area contributed by atoms with Gasteiger partial charge in [-0.2, -0.15) is 0 Å². The van der Waals surface area contributed by atoms with Crippen LogP contribution in [0.1, 0.15) is 30.3 Å². The molecule has 0 radical (unpaired) electrons. The van der Waals surface area contributed by atoms with E-state index in [9.17, 15) is 4.79 Å². The normalized spacial score (nSPS) is 16.1. The average molecular weight is 419 g/mol. The Labute approximate surface area is 181 Å². The van der Waals surface area contributed by atoms with Gasteiger partial charge in [0.1, 0.15) is 17.4 Å². The molecule has 0 spiro atoms. The summed E-state index contributed by atoms with van der Waals surface area (Å²) < 4.78 is 5.15. The highest BCUT2D eigenvalue weighted by atomic mass is 16.5. The van der Waals surface area contributed by atoms with E-state index in [0.29, 0.717) is 12.4 Å². The van der Waals surface area contributed by atoms with Crippen molar-refractivity contribution in [2.24, 2.45) is 0 Å². The molecule has 1 aliphatic heterocycles. The molecule has 1 saturated heterocycles. The molecule has 0 aliphatic carbocycles. The molecule has 1 atom stereocenters. The lowest BCUT2D eigenvalue weighted by Gasteiger charge is -2.23. The monoisotopic (exact) mass is 418 g/mol. The van der Waals surface area contributed by atoms with Crippen LogP contribution in [0, 0.1) is 6.92 Å². The van der Waals surface area contributed by atoms with Crippen molar-refractivity contribution in [2.75, 3.05) is 30.8 Å². The maximum absolute atomic E-state index is 12.6. The zero-order valence-corrected chi connectivity index (χ0v) is 17.7. The number of carbonyl (C=O) groups excluding carboxylic acids is 1. The highest BCUT2D eigenvalue weighted by Gasteiger charge is 2.29. The largest absolute Gasteiger partial charge is 0.497 e. The van der Waals surface area contributed by atoms with Crippen LogP contribution in [0.5, 0.6) is 5.75 Å². The molecule has 8 nitrogen and oxygen atoms in total. The molecule has 0 saturated carbocycles. The topological polar surface area (TPSA) is 92.3 Å². The molecular weight excluding hydrogens is 392 g/mol. The average Bonchev–Trinajstić information content (AvgIpc) is 3.22. The Morgan fingerprint density at radius 3 is 2.74 bits per heavy atom. The van der Waals surface area contributed by atoms with Gasteiger partial charge in [0.2, 0.25) is 5.91 Å². The van der Waals surface area contributed by atoms with Crippen molar-refractivity contribution >= 4 is 23.2 Å². The quantitative estimate of drug-likeness (QED) is 0.604. The summed E-state index contributed by atoms with van der Waals surface area (Å²) in [6.07, 6.45) is 5.41. The molecule has 0 bridgehead atoms. The molecule has 1 fully saturated rings. The second-order valence-corrected chi connectivity index (χ2v) is 7.52. The summed E-state index contributed by atoms with van der Waals surface area (Å²) in [6.45, 7) is 3.09. The Morgan fingerprint density at radius 2 is 1.97 bits per heavy atom. The van der Waals surface area contributed by atoms with Gasteiger partial charge >= 0.3 is 0 Å². The second-order valence-electron chi connectivity index (χ2n) is 7.52. The summed E-state index contributed by atoms with van der Waals surface area (Å²) in [5, 5.41) is 6.16. The Kier molecular flexibility index (Phi) is 6.37. The Bertz CT molecular complexity index is 1040. The number of hydrogen-bond donors (Lipinski definition) is 2. The van der Waals surface area contributed by atoms with E-state index in [4.69, 9.17) is 9.72 Å². The van der Waals surface area contributed by atoms with Crippen LogP contribution in [-0.4, -0.2) is 46.0 Å². The first-order valence-electron chi connectivity index (χ1n) is 10.3. The number of nitrogens with one attached hydrogen (secondary N) is 2. The fourth-order valence-corrected chi connectivity index (χ4v) is 3.76. The Morgan fingerprint density at radius 1 is 1.13 bits per heavy atom. The number of ether oxygens (including phenoxy) is 1. The number of hydrogen-bond acceptors (Lipinski definition) is 7. The van der Waals surface area contributed by atoms with E-state index in [0.717, 1.165) is 48.0 Å². The van der Waals surface area contributed by atoms with Crippen molar-refractivity contribution in [3.8, 4) is 5.75 Å². The molecule has 160 valence electrons. The van der Waals surface area contributed by atoms with Gasteiger partial charge in [-0.25, -0.2) is 9.97 Å². The van der Waals surface area contributed by atoms with Crippen LogP contribution in [0.25, 0.3) is 0 Å². The van der Waals surface area contributed by atoms with Crippen LogP contribution >= 0.6 is 0 Å². The summed E-state index contributed by atoms with van der Waals surface area (Å²) in [5.41, 5.74) is 2.53. The molecular formula is C23H26N6O2. The highest BCUT2D eigenvalue weighted by molar-refractivity contribution is 5.92.